The molecular weight excluding hydrogens is 226 g/mol. The maximum absolute atomic E-state index is 11.7. The van der Waals surface area contributed by atoms with Crippen LogP contribution in [0.4, 0.5) is 5.82 Å². The molecule has 1 N–H and O–H groups in total. The van der Waals surface area contributed by atoms with Crippen molar-refractivity contribution in [3.63, 3.8) is 0 Å². The smallest absolute Gasteiger partial charge is 0.228 e. The van der Waals surface area contributed by atoms with E-state index in [0.29, 0.717) is 12.3 Å². The second-order valence-corrected chi connectivity index (χ2v) is 5.11. The standard InChI is InChI=1S/C14H19N3O/c18-14-7-3-9-17(14)13-6-1-5-12(16-13)11-4-2-8-15-10-11/h1,5-6,11,15H,2-4,7-10H2. The van der Waals surface area contributed by atoms with Crippen molar-refractivity contribution in [2.45, 2.75) is 31.6 Å². The molecule has 4 nitrogen and oxygen atoms in total. The molecule has 0 aliphatic carbocycles. The van der Waals surface area contributed by atoms with Gasteiger partial charge in [-0.2, -0.15) is 0 Å². The van der Waals surface area contributed by atoms with Crippen molar-refractivity contribution in [2.75, 3.05) is 24.5 Å². The van der Waals surface area contributed by atoms with Crippen LogP contribution in [0.5, 0.6) is 0 Å². The van der Waals surface area contributed by atoms with Crippen molar-refractivity contribution >= 4 is 11.7 Å². The number of carbonyl (C=O) groups is 1. The van der Waals surface area contributed by atoms with Crippen molar-refractivity contribution in [3.8, 4) is 0 Å². The summed E-state index contributed by atoms with van der Waals surface area (Å²) in [6.45, 7) is 2.93. The number of aromatic nitrogens is 1. The van der Waals surface area contributed by atoms with Crippen LogP contribution in [0.2, 0.25) is 0 Å². The summed E-state index contributed by atoms with van der Waals surface area (Å²) in [5.41, 5.74) is 1.12. The van der Waals surface area contributed by atoms with Crippen LogP contribution in [-0.4, -0.2) is 30.5 Å². The first kappa shape index (κ1) is 11.7. The molecule has 0 saturated carbocycles. The van der Waals surface area contributed by atoms with Crippen LogP contribution in [0.1, 0.15) is 37.3 Å². The molecule has 1 aromatic rings. The summed E-state index contributed by atoms with van der Waals surface area (Å²) in [5.74, 6) is 1.54. The van der Waals surface area contributed by atoms with Gasteiger partial charge in [-0.1, -0.05) is 6.07 Å². The molecule has 1 unspecified atom stereocenters. The largest absolute Gasteiger partial charge is 0.316 e. The molecule has 3 heterocycles. The summed E-state index contributed by atoms with van der Waals surface area (Å²) in [6.07, 6.45) is 4.02. The van der Waals surface area contributed by atoms with Crippen molar-refractivity contribution in [2.24, 2.45) is 0 Å². The number of pyridine rings is 1. The number of hydrogen-bond acceptors (Lipinski definition) is 3. The highest BCUT2D eigenvalue weighted by atomic mass is 16.2. The Kier molecular flexibility index (Phi) is 3.28. The average molecular weight is 245 g/mol. The van der Waals surface area contributed by atoms with Gasteiger partial charge in [0.25, 0.3) is 0 Å². The maximum Gasteiger partial charge on any atom is 0.228 e. The van der Waals surface area contributed by atoms with Gasteiger partial charge in [-0.15, -0.1) is 0 Å². The lowest BCUT2D eigenvalue weighted by atomic mass is 9.96. The van der Waals surface area contributed by atoms with Crippen LogP contribution in [0, 0.1) is 0 Å². The van der Waals surface area contributed by atoms with E-state index in [9.17, 15) is 4.79 Å². The van der Waals surface area contributed by atoms with Crippen molar-refractivity contribution in [1.29, 1.82) is 0 Å². The fourth-order valence-electron chi connectivity index (χ4n) is 2.81. The fraction of sp³-hybridized carbons (Fsp3) is 0.571. The van der Waals surface area contributed by atoms with Gasteiger partial charge in [0.05, 0.1) is 0 Å². The van der Waals surface area contributed by atoms with E-state index in [1.54, 1.807) is 0 Å². The number of carbonyl (C=O) groups excluding carboxylic acids is 1. The van der Waals surface area contributed by atoms with Gasteiger partial charge >= 0.3 is 0 Å². The van der Waals surface area contributed by atoms with E-state index in [4.69, 9.17) is 4.98 Å². The minimum Gasteiger partial charge on any atom is -0.316 e. The maximum atomic E-state index is 11.7. The topological polar surface area (TPSA) is 45.2 Å². The first-order chi connectivity index (χ1) is 8.84. The van der Waals surface area contributed by atoms with Crippen LogP contribution in [-0.2, 0) is 4.79 Å². The predicted octanol–water partition coefficient (Wildman–Crippen LogP) is 1.68. The Hall–Kier alpha value is -1.42. The lowest BCUT2D eigenvalue weighted by Crippen LogP contribution is -2.30. The van der Waals surface area contributed by atoms with Gasteiger partial charge in [-0.3, -0.25) is 9.69 Å². The van der Waals surface area contributed by atoms with Gasteiger partial charge in [0.2, 0.25) is 5.91 Å². The zero-order valence-electron chi connectivity index (χ0n) is 10.6. The van der Waals surface area contributed by atoms with E-state index < -0.39 is 0 Å². The molecule has 0 aromatic carbocycles. The fourth-order valence-corrected chi connectivity index (χ4v) is 2.81. The van der Waals surface area contributed by atoms with E-state index in [2.05, 4.69) is 11.4 Å². The van der Waals surface area contributed by atoms with Crippen LogP contribution in [0.15, 0.2) is 18.2 Å². The van der Waals surface area contributed by atoms with Crippen LogP contribution in [0.25, 0.3) is 0 Å². The van der Waals surface area contributed by atoms with E-state index in [1.807, 2.05) is 17.0 Å². The number of hydrogen-bond donors (Lipinski definition) is 1. The average Bonchev–Trinajstić information content (AvgIpc) is 2.86. The van der Waals surface area contributed by atoms with Crippen molar-refractivity contribution in [3.05, 3.63) is 23.9 Å². The number of rotatable bonds is 2. The quantitative estimate of drug-likeness (QED) is 0.862. The van der Waals surface area contributed by atoms with Gasteiger partial charge in [-0.25, -0.2) is 4.98 Å². The van der Waals surface area contributed by atoms with E-state index >= 15 is 0 Å². The highest BCUT2D eigenvalue weighted by Gasteiger charge is 2.24. The molecule has 1 atom stereocenters. The number of piperidine rings is 1. The molecule has 4 heteroatoms. The summed E-state index contributed by atoms with van der Waals surface area (Å²) < 4.78 is 0. The van der Waals surface area contributed by atoms with Gasteiger partial charge in [0.15, 0.2) is 0 Å². The van der Waals surface area contributed by atoms with Crippen molar-refractivity contribution < 1.29 is 4.79 Å². The molecule has 2 aliphatic rings. The third-order valence-corrected chi connectivity index (χ3v) is 3.82. The predicted molar refractivity (Wildman–Crippen MR) is 70.7 cm³/mol. The Balaban J connectivity index is 1.82. The lowest BCUT2D eigenvalue weighted by molar-refractivity contribution is -0.117. The molecule has 0 spiro atoms. The monoisotopic (exact) mass is 245 g/mol. The third-order valence-electron chi connectivity index (χ3n) is 3.82. The molecular formula is C14H19N3O. The first-order valence-electron chi connectivity index (χ1n) is 6.82. The lowest BCUT2D eigenvalue weighted by Gasteiger charge is -2.23. The SMILES string of the molecule is O=C1CCCN1c1cccc(C2CCCNC2)n1. The second-order valence-electron chi connectivity index (χ2n) is 5.11. The van der Waals surface area contributed by atoms with E-state index in [1.165, 1.54) is 12.8 Å². The summed E-state index contributed by atoms with van der Waals surface area (Å²) in [7, 11) is 0. The van der Waals surface area contributed by atoms with Gasteiger partial charge in [0.1, 0.15) is 5.82 Å². The third kappa shape index (κ3) is 2.25. The second kappa shape index (κ2) is 5.06. The number of nitrogens with one attached hydrogen (secondary N) is 1. The number of nitrogens with zero attached hydrogens (tertiary/aromatic N) is 2. The van der Waals surface area contributed by atoms with Crippen LogP contribution >= 0.6 is 0 Å². The summed E-state index contributed by atoms with van der Waals surface area (Å²) in [6, 6.07) is 6.06. The summed E-state index contributed by atoms with van der Waals surface area (Å²) >= 11 is 0. The van der Waals surface area contributed by atoms with Gasteiger partial charge in [0, 0.05) is 31.1 Å². The Bertz CT molecular complexity index is 440. The molecule has 1 amide bonds. The van der Waals surface area contributed by atoms with Crippen molar-refractivity contribution in [1.82, 2.24) is 10.3 Å². The summed E-state index contributed by atoms with van der Waals surface area (Å²) in [5, 5.41) is 3.41. The molecule has 96 valence electrons. The molecule has 2 saturated heterocycles. The highest BCUT2D eigenvalue weighted by Crippen LogP contribution is 2.25. The van der Waals surface area contributed by atoms with Crippen LogP contribution in [0.3, 0.4) is 0 Å². The molecule has 0 bridgehead atoms. The minimum absolute atomic E-state index is 0.210. The minimum atomic E-state index is 0.210. The number of amides is 1. The Labute approximate surface area is 107 Å². The van der Waals surface area contributed by atoms with Gasteiger partial charge in [-0.05, 0) is 37.9 Å². The Morgan fingerprint density at radius 3 is 3.00 bits per heavy atom. The normalized spacial score (nSPS) is 24.6. The molecule has 18 heavy (non-hydrogen) atoms. The molecule has 3 rings (SSSR count). The Morgan fingerprint density at radius 1 is 1.33 bits per heavy atom. The zero-order valence-corrected chi connectivity index (χ0v) is 10.6. The van der Waals surface area contributed by atoms with Gasteiger partial charge < -0.3 is 5.32 Å². The molecule has 1 aromatic heterocycles. The molecule has 2 fully saturated rings. The zero-order chi connectivity index (χ0) is 12.4. The summed E-state index contributed by atoms with van der Waals surface area (Å²) in [4.78, 5) is 18.2. The highest BCUT2D eigenvalue weighted by molar-refractivity contribution is 5.94. The van der Waals surface area contributed by atoms with E-state index in [-0.39, 0.29) is 5.91 Å². The van der Waals surface area contributed by atoms with E-state index in [0.717, 1.165) is 37.6 Å². The number of anilines is 1. The molecule has 2 aliphatic heterocycles. The van der Waals surface area contributed by atoms with Crippen LogP contribution < -0.4 is 10.2 Å². The molecule has 0 radical (unpaired) electrons. The Morgan fingerprint density at radius 2 is 2.28 bits per heavy atom. The first-order valence-corrected chi connectivity index (χ1v) is 6.82.